The lowest BCUT2D eigenvalue weighted by Crippen LogP contribution is -2.32. The predicted octanol–water partition coefficient (Wildman–Crippen LogP) is 1.55. The highest BCUT2D eigenvalue weighted by atomic mass is 16.5. The van der Waals surface area contributed by atoms with Crippen LogP contribution in [0.1, 0.15) is 40.5 Å². The van der Waals surface area contributed by atoms with Crippen LogP contribution in [0.5, 0.6) is 0 Å². The molecule has 0 atom stereocenters. The van der Waals surface area contributed by atoms with Crippen molar-refractivity contribution in [3.8, 4) is 0 Å². The Morgan fingerprint density at radius 1 is 1.18 bits per heavy atom. The molecule has 0 aliphatic heterocycles. The van der Waals surface area contributed by atoms with E-state index in [2.05, 4.69) is 24.5 Å². The summed E-state index contributed by atoms with van der Waals surface area (Å²) in [5.41, 5.74) is 0. The number of amides is 1. The van der Waals surface area contributed by atoms with E-state index in [9.17, 15) is 4.79 Å². The molecule has 0 unspecified atom stereocenters. The van der Waals surface area contributed by atoms with Gasteiger partial charge in [-0.05, 0) is 32.7 Å². The Labute approximate surface area is 105 Å². The Morgan fingerprint density at radius 2 is 1.88 bits per heavy atom. The second kappa shape index (κ2) is 10.5. The predicted molar refractivity (Wildman–Crippen MR) is 71.0 cm³/mol. The first-order valence-electron chi connectivity index (χ1n) is 6.60. The Morgan fingerprint density at radius 3 is 2.47 bits per heavy atom. The summed E-state index contributed by atoms with van der Waals surface area (Å²) >= 11 is 0. The van der Waals surface area contributed by atoms with Crippen molar-refractivity contribution < 1.29 is 9.53 Å². The van der Waals surface area contributed by atoms with Gasteiger partial charge in [-0.3, -0.25) is 4.79 Å². The molecule has 0 aliphatic carbocycles. The standard InChI is InChI=1S/C13H28N2O2/c1-11(2)10-17-9-5-7-14-8-6-13(16)15-12(3)4/h11-12,14H,5-10H2,1-4H3,(H,15,16). The molecule has 2 N–H and O–H groups in total. The summed E-state index contributed by atoms with van der Waals surface area (Å²) in [6.07, 6.45) is 1.55. The minimum absolute atomic E-state index is 0.114. The van der Waals surface area contributed by atoms with Crippen molar-refractivity contribution in [2.75, 3.05) is 26.3 Å². The Bertz CT molecular complexity index is 194. The van der Waals surface area contributed by atoms with E-state index in [-0.39, 0.29) is 11.9 Å². The number of ether oxygens (including phenoxy) is 1. The molecule has 0 spiro atoms. The van der Waals surface area contributed by atoms with E-state index >= 15 is 0 Å². The van der Waals surface area contributed by atoms with E-state index in [0.29, 0.717) is 12.3 Å². The van der Waals surface area contributed by atoms with Crippen LogP contribution in [-0.2, 0) is 9.53 Å². The lowest BCUT2D eigenvalue weighted by molar-refractivity contribution is -0.121. The van der Waals surface area contributed by atoms with Gasteiger partial charge in [-0.2, -0.15) is 0 Å². The van der Waals surface area contributed by atoms with Gasteiger partial charge >= 0.3 is 0 Å². The quantitative estimate of drug-likeness (QED) is 0.573. The summed E-state index contributed by atoms with van der Waals surface area (Å²) in [6, 6.07) is 0.229. The molecule has 0 bridgehead atoms. The van der Waals surface area contributed by atoms with Crippen LogP contribution in [0.3, 0.4) is 0 Å². The van der Waals surface area contributed by atoms with Gasteiger partial charge in [-0.25, -0.2) is 0 Å². The summed E-state index contributed by atoms with van der Waals surface area (Å²) in [5, 5.41) is 6.10. The van der Waals surface area contributed by atoms with Gasteiger partial charge in [0.05, 0.1) is 0 Å². The number of hydrogen-bond donors (Lipinski definition) is 2. The summed E-state index contributed by atoms with van der Waals surface area (Å²) < 4.78 is 5.46. The zero-order valence-electron chi connectivity index (χ0n) is 11.7. The Balaban J connectivity index is 3.16. The number of carbonyl (C=O) groups is 1. The molecular weight excluding hydrogens is 216 g/mol. The first-order chi connectivity index (χ1) is 8.02. The Hall–Kier alpha value is -0.610. The molecule has 0 aromatic rings. The molecule has 0 saturated carbocycles. The lowest BCUT2D eigenvalue weighted by Gasteiger charge is -2.09. The molecule has 0 saturated heterocycles. The average Bonchev–Trinajstić information content (AvgIpc) is 2.20. The van der Waals surface area contributed by atoms with E-state index in [1.807, 2.05) is 13.8 Å². The molecular formula is C13H28N2O2. The molecule has 0 radical (unpaired) electrons. The second-order valence-corrected chi connectivity index (χ2v) is 5.04. The van der Waals surface area contributed by atoms with Crippen molar-refractivity contribution in [3.63, 3.8) is 0 Å². The van der Waals surface area contributed by atoms with Crippen molar-refractivity contribution in [2.45, 2.75) is 46.6 Å². The number of rotatable bonds is 10. The average molecular weight is 244 g/mol. The highest BCUT2D eigenvalue weighted by molar-refractivity contribution is 5.76. The summed E-state index contributed by atoms with van der Waals surface area (Å²) in [5.74, 6) is 0.714. The van der Waals surface area contributed by atoms with Crippen LogP contribution in [0.15, 0.2) is 0 Å². The maximum absolute atomic E-state index is 11.3. The fourth-order valence-corrected chi connectivity index (χ4v) is 1.34. The number of carbonyl (C=O) groups excluding carboxylic acids is 1. The van der Waals surface area contributed by atoms with Crippen LogP contribution < -0.4 is 10.6 Å². The largest absolute Gasteiger partial charge is 0.381 e. The summed E-state index contributed by atoms with van der Waals surface area (Å²) in [7, 11) is 0. The molecule has 0 aromatic heterocycles. The molecule has 0 aromatic carbocycles. The van der Waals surface area contributed by atoms with Gasteiger partial charge in [0, 0.05) is 32.2 Å². The zero-order chi connectivity index (χ0) is 13.1. The van der Waals surface area contributed by atoms with Gasteiger partial charge < -0.3 is 15.4 Å². The van der Waals surface area contributed by atoms with Crippen LogP contribution >= 0.6 is 0 Å². The molecule has 1 amide bonds. The minimum atomic E-state index is 0.114. The topological polar surface area (TPSA) is 50.4 Å². The lowest BCUT2D eigenvalue weighted by atomic mass is 10.2. The normalized spacial score (nSPS) is 11.2. The fourth-order valence-electron chi connectivity index (χ4n) is 1.34. The SMILES string of the molecule is CC(C)COCCCNCCC(=O)NC(C)C. The molecule has 17 heavy (non-hydrogen) atoms. The smallest absolute Gasteiger partial charge is 0.221 e. The van der Waals surface area contributed by atoms with Gasteiger partial charge in [0.1, 0.15) is 0 Å². The third-order valence-corrected chi connectivity index (χ3v) is 2.07. The second-order valence-electron chi connectivity index (χ2n) is 5.04. The highest BCUT2D eigenvalue weighted by Crippen LogP contribution is 1.92. The van der Waals surface area contributed by atoms with E-state index in [1.165, 1.54) is 0 Å². The van der Waals surface area contributed by atoms with Gasteiger partial charge in [-0.15, -0.1) is 0 Å². The Kier molecular flexibility index (Phi) is 10.2. The highest BCUT2D eigenvalue weighted by Gasteiger charge is 2.01. The molecule has 0 heterocycles. The third kappa shape index (κ3) is 13.3. The van der Waals surface area contributed by atoms with Gasteiger partial charge in [0.15, 0.2) is 0 Å². The van der Waals surface area contributed by atoms with E-state index in [1.54, 1.807) is 0 Å². The van der Waals surface area contributed by atoms with Crippen molar-refractivity contribution in [3.05, 3.63) is 0 Å². The first-order valence-corrected chi connectivity index (χ1v) is 6.60. The van der Waals surface area contributed by atoms with Crippen LogP contribution in [0, 0.1) is 5.92 Å². The monoisotopic (exact) mass is 244 g/mol. The minimum Gasteiger partial charge on any atom is -0.381 e. The zero-order valence-corrected chi connectivity index (χ0v) is 11.7. The molecule has 0 fully saturated rings. The summed E-state index contributed by atoms with van der Waals surface area (Å²) in [6.45, 7) is 11.5. The van der Waals surface area contributed by atoms with Crippen LogP contribution in [-0.4, -0.2) is 38.3 Å². The summed E-state index contributed by atoms with van der Waals surface area (Å²) in [4.78, 5) is 11.3. The maximum Gasteiger partial charge on any atom is 0.221 e. The van der Waals surface area contributed by atoms with Gasteiger partial charge in [0.2, 0.25) is 5.91 Å². The van der Waals surface area contributed by atoms with Crippen molar-refractivity contribution in [2.24, 2.45) is 5.92 Å². The number of nitrogens with one attached hydrogen (secondary N) is 2. The van der Waals surface area contributed by atoms with Crippen molar-refractivity contribution in [1.82, 2.24) is 10.6 Å². The molecule has 4 nitrogen and oxygen atoms in total. The van der Waals surface area contributed by atoms with Crippen molar-refractivity contribution in [1.29, 1.82) is 0 Å². The fraction of sp³-hybridized carbons (Fsp3) is 0.923. The molecule has 0 aliphatic rings. The van der Waals surface area contributed by atoms with Crippen LogP contribution in [0.25, 0.3) is 0 Å². The maximum atomic E-state index is 11.3. The molecule has 0 rings (SSSR count). The first kappa shape index (κ1) is 16.4. The van der Waals surface area contributed by atoms with Gasteiger partial charge in [0.25, 0.3) is 0 Å². The van der Waals surface area contributed by atoms with E-state index in [0.717, 1.165) is 32.7 Å². The van der Waals surface area contributed by atoms with Gasteiger partial charge in [-0.1, -0.05) is 13.8 Å². The van der Waals surface area contributed by atoms with Crippen LogP contribution in [0.4, 0.5) is 0 Å². The van der Waals surface area contributed by atoms with E-state index < -0.39 is 0 Å². The van der Waals surface area contributed by atoms with Crippen molar-refractivity contribution >= 4 is 5.91 Å². The molecule has 4 heteroatoms. The van der Waals surface area contributed by atoms with Crippen LogP contribution in [0.2, 0.25) is 0 Å². The third-order valence-electron chi connectivity index (χ3n) is 2.07. The van der Waals surface area contributed by atoms with E-state index in [4.69, 9.17) is 4.74 Å². The molecule has 102 valence electrons. The number of hydrogen-bond acceptors (Lipinski definition) is 3.